The van der Waals surface area contributed by atoms with Gasteiger partial charge in [-0.05, 0) is 19.5 Å². The van der Waals surface area contributed by atoms with E-state index in [4.69, 9.17) is 0 Å². The molecule has 1 N–H and O–H groups in total. The van der Waals surface area contributed by atoms with Crippen molar-refractivity contribution in [2.75, 3.05) is 32.4 Å². The second-order valence-electron chi connectivity index (χ2n) is 4.39. The van der Waals surface area contributed by atoms with Crippen molar-refractivity contribution >= 4 is 16.9 Å². The van der Waals surface area contributed by atoms with Crippen LogP contribution >= 0.6 is 11.8 Å². The second kappa shape index (κ2) is 6.38. The van der Waals surface area contributed by atoms with Gasteiger partial charge in [0.25, 0.3) is 0 Å². The molecule has 0 amide bonds. The van der Waals surface area contributed by atoms with Crippen LogP contribution in [0.1, 0.15) is 20.8 Å². The highest BCUT2D eigenvalue weighted by atomic mass is 32.2. The lowest BCUT2D eigenvalue weighted by Gasteiger charge is -2.14. The van der Waals surface area contributed by atoms with Crippen LogP contribution in [0.15, 0.2) is 4.99 Å². The quantitative estimate of drug-likeness (QED) is 0.777. The number of hydrogen-bond donors (Lipinski definition) is 1. The summed E-state index contributed by atoms with van der Waals surface area (Å²) in [6.45, 7) is 9.74. The number of amidine groups is 1. The topological polar surface area (TPSA) is 27.6 Å². The molecule has 0 aromatic rings. The first-order valence-electron chi connectivity index (χ1n) is 5.75. The molecule has 1 rings (SSSR count). The Morgan fingerprint density at radius 1 is 1.60 bits per heavy atom. The van der Waals surface area contributed by atoms with E-state index >= 15 is 0 Å². The average molecular weight is 229 g/mol. The predicted molar refractivity (Wildman–Crippen MR) is 69.7 cm³/mol. The fraction of sp³-hybridized carbons (Fsp3) is 0.909. The smallest absolute Gasteiger partial charge is 0.156 e. The Kier molecular flexibility index (Phi) is 5.47. The summed E-state index contributed by atoms with van der Waals surface area (Å²) in [6.07, 6.45) is 0. The summed E-state index contributed by atoms with van der Waals surface area (Å²) in [6, 6.07) is 0.609. The number of hydrogen-bond acceptors (Lipinski definition) is 3. The van der Waals surface area contributed by atoms with Crippen LogP contribution in [-0.2, 0) is 0 Å². The monoisotopic (exact) mass is 229 g/mol. The van der Waals surface area contributed by atoms with E-state index in [1.165, 1.54) is 5.75 Å². The third kappa shape index (κ3) is 4.43. The van der Waals surface area contributed by atoms with Gasteiger partial charge in [-0.1, -0.05) is 32.5 Å². The molecule has 0 spiro atoms. The molecule has 88 valence electrons. The molecule has 1 heterocycles. The van der Waals surface area contributed by atoms with Crippen LogP contribution in [0.2, 0.25) is 0 Å². The Labute approximate surface area is 97.7 Å². The molecule has 0 bridgehead atoms. The highest BCUT2D eigenvalue weighted by Gasteiger charge is 2.22. The van der Waals surface area contributed by atoms with Crippen LogP contribution in [0, 0.1) is 5.92 Å². The molecule has 1 atom stereocenters. The van der Waals surface area contributed by atoms with Crippen LogP contribution in [0.4, 0.5) is 0 Å². The number of aliphatic imine (C=N–C) groups is 1. The standard InChI is InChI=1S/C11H23N3S/c1-5-14(4)7-6-12-11-13-10(8-15-11)9(2)3/h9-10H,5-8H2,1-4H3,(H,12,13)/t10-/m1/s1. The SMILES string of the molecule is CCN(C)CCN=C1N[C@@H](C(C)C)CS1. The Bertz CT molecular complexity index is 216. The molecule has 1 aliphatic heterocycles. The molecular weight excluding hydrogens is 206 g/mol. The zero-order valence-electron chi connectivity index (χ0n) is 10.3. The normalized spacial score (nSPS) is 24.1. The lowest BCUT2D eigenvalue weighted by atomic mass is 10.1. The Hall–Kier alpha value is -0.220. The lowest BCUT2D eigenvalue weighted by Crippen LogP contribution is -2.32. The molecule has 1 fully saturated rings. The van der Waals surface area contributed by atoms with Crippen LogP contribution in [0.3, 0.4) is 0 Å². The molecule has 0 aromatic carbocycles. The van der Waals surface area contributed by atoms with E-state index in [0.29, 0.717) is 12.0 Å². The molecule has 0 aromatic heterocycles. The largest absolute Gasteiger partial charge is 0.361 e. The van der Waals surface area contributed by atoms with Crippen molar-refractivity contribution in [3.63, 3.8) is 0 Å². The third-order valence-corrected chi connectivity index (χ3v) is 3.84. The molecule has 3 nitrogen and oxygen atoms in total. The van der Waals surface area contributed by atoms with Crippen LogP contribution < -0.4 is 5.32 Å². The van der Waals surface area contributed by atoms with E-state index in [0.717, 1.165) is 24.8 Å². The number of likely N-dealkylation sites (N-methyl/N-ethyl adjacent to an activating group) is 1. The summed E-state index contributed by atoms with van der Waals surface area (Å²) in [5.74, 6) is 1.86. The highest BCUT2D eigenvalue weighted by molar-refractivity contribution is 8.14. The average Bonchev–Trinajstić information content (AvgIpc) is 2.66. The zero-order valence-corrected chi connectivity index (χ0v) is 11.1. The molecule has 1 saturated heterocycles. The molecule has 1 aliphatic rings. The van der Waals surface area contributed by atoms with Gasteiger partial charge in [0, 0.05) is 18.3 Å². The Morgan fingerprint density at radius 3 is 2.87 bits per heavy atom. The number of nitrogens with zero attached hydrogens (tertiary/aromatic N) is 2. The number of thioether (sulfide) groups is 1. The van der Waals surface area contributed by atoms with E-state index in [9.17, 15) is 0 Å². The fourth-order valence-corrected chi connectivity index (χ4v) is 2.56. The fourth-order valence-electron chi connectivity index (χ4n) is 1.34. The van der Waals surface area contributed by atoms with E-state index in [1.807, 2.05) is 11.8 Å². The van der Waals surface area contributed by atoms with Gasteiger partial charge in [0.2, 0.25) is 0 Å². The molecule has 15 heavy (non-hydrogen) atoms. The van der Waals surface area contributed by atoms with Crippen molar-refractivity contribution in [2.45, 2.75) is 26.8 Å². The number of rotatable bonds is 5. The Balaban J connectivity index is 2.24. The second-order valence-corrected chi connectivity index (χ2v) is 5.40. The van der Waals surface area contributed by atoms with E-state index in [1.54, 1.807) is 0 Å². The van der Waals surface area contributed by atoms with Crippen molar-refractivity contribution in [2.24, 2.45) is 10.9 Å². The van der Waals surface area contributed by atoms with Crippen molar-refractivity contribution in [1.29, 1.82) is 0 Å². The molecule has 4 heteroatoms. The molecular formula is C11H23N3S. The molecule has 0 saturated carbocycles. The summed E-state index contributed by atoms with van der Waals surface area (Å²) in [5, 5.41) is 4.61. The summed E-state index contributed by atoms with van der Waals surface area (Å²) >= 11 is 1.86. The first-order valence-corrected chi connectivity index (χ1v) is 6.74. The molecule has 0 unspecified atom stereocenters. The summed E-state index contributed by atoms with van der Waals surface area (Å²) in [5.41, 5.74) is 0. The van der Waals surface area contributed by atoms with Gasteiger partial charge in [-0.25, -0.2) is 0 Å². The third-order valence-electron chi connectivity index (χ3n) is 2.79. The van der Waals surface area contributed by atoms with Gasteiger partial charge in [-0.15, -0.1) is 0 Å². The minimum Gasteiger partial charge on any atom is -0.361 e. The minimum absolute atomic E-state index is 0.609. The highest BCUT2D eigenvalue weighted by Crippen LogP contribution is 2.18. The lowest BCUT2D eigenvalue weighted by molar-refractivity contribution is 0.363. The van der Waals surface area contributed by atoms with E-state index in [2.05, 4.69) is 43.0 Å². The van der Waals surface area contributed by atoms with Gasteiger partial charge in [0.15, 0.2) is 5.17 Å². The van der Waals surface area contributed by atoms with Crippen molar-refractivity contribution < 1.29 is 0 Å². The van der Waals surface area contributed by atoms with Gasteiger partial charge in [-0.2, -0.15) is 0 Å². The maximum atomic E-state index is 4.57. The van der Waals surface area contributed by atoms with Crippen molar-refractivity contribution in [3.8, 4) is 0 Å². The maximum Gasteiger partial charge on any atom is 0.156 e. The van der Waals surface area contributed by atoms with Gasteiger partial charge in [0.1, 0.15) is 0 Å². The van der Waals surface area contributed by atoms with Gasteiger partial charge < -0.3 is 10.2 Å². The van der Waals surface area contributed by atoms with Crippen LogP contribution in [0.5, 0.6) is 0 Å². The number of nitrogens with one attached hydrogen (secondary N) is 1. The van der Waals surface area contributed by atoms with Gasteiger partial charge >= 0.3 is 0 Å². The van der Waals surface area contributed by atoms with E-state index < -0.39 is 0 Å². The van der Waals surface area contributed by atoms with Gasteiger partial charge in [0.05, 0.1) is 6.54 Å². The maximum absolute atomic E-state index is 4.57. The minimum atomic E-state index is 0.609. The summed E-state index contributed by atoms with van der Waals surface area (Å²) in [4.78, 5) is 6.85. The Morgan fingerprint density at radius 2 is 2.33 bits per heavy atom. The first-order chi connectivity index (χ1) is 7.13. The van der Waals surface area contributed by atoms with Crippen LogP contribution in [0.25, 0.3) is 0 Å². The van der Waals surface area contributed by atoms with Gasteiger partial charge in [-0.3, -0.25) is 4.99 Å². The van der Waals surface area contributed by atoms with Crippen molar-refractivity contribution in [3.05, 3.63) is 0 Å². The summed E-state index contributed by atoms with van der Waals surface area (Å²) < 4.78 is 0. The molecule has 0 radical (unpaired) electrons. The zero-order chi connectivity index (χ0) is 11.3. The molecule has 0 aliphatic carbocycles. The predicted octanol–water partition coefficient (Wildman–Crippen LogP) is 1.66. The van der Waals surface area contributed by atoms with Crippen LogP contribution in [-0.4, -0.2) is 48.5 Å². The first kappa shape index (κ1) is 12.8. The summed E-state index contributed by atoms with van der Waals surface area (Å²) in [7, 11) is 2.13. The van der Waals surface area contributed by atoms with Crippen molar-refractivity contribution in [1.82, 2.24) is 10.2 Å². The van der Waals surface area contributed by atoms with E-state index in [-0.39, 0.29) is 0 Å².